The summed E-state index contributed by atoms with van der Waals surface area (Å²) in [5, 5.41) is 18.4. The van der Waals surface area contributed by atoms with Gasteiger partial charge in [-0.15, -0.1) is 10.2 Å². The standard InChI is InChI=1S/C11H12N4O3/c1-18-7-6-14-8-12-13-11(14)9-2-4-10(5-3-9)15(16)17/h2-5,8H,6-7H2,1H3. The number of hydrogen-bond donors (Lipinski definition) is 0. The van der Waals surface area contributed by atoms with E-state index in [-0.39, 0.29) is 5.69 Å². The molecule has 0 amide bonds. The number of hydrogen-bond acceptors (Lipinski definition) is 5. The Balaban J connectivity index is 2.25. The van der Waals surface area contributed by atoms with Crippen molar-refractivity contribution in [2.75, 3.05) is 13.7 Å². The van der Waals surface area contributed by atoms with Crippen LogP contribution in [0.4, 0.5) is 5.69 Å². The molecule has 18 heavy (non-hydrogen) atoms. The van der Waals surface area contributed by atoms with E-state index in [2.05, 4.69) is 10.2 Å². The van der Waals surface area contributed by atoms with Gasteiger partial charge in [0.15, 0.2) is 5.82 Å². The zero-order valence-corrected chi connectivity index (χ0v) is 9.81. The van der Waals surface area contributed by atoms with Crippen molar-refractivity contribution in [2.45, 2.75) is 6.54 Å². The van der Waals surface area contributed by atoms with Gasteiger partial charge in [-0.05, 0) is 12.1 Å². The summed E-state index contributed by atoms with van der Waals surface area (Å²) in [7, 11) is 1.62. The average Bonchev–Trinajstić information content (AvgIpc) is 2.84. The van der Waals surface area contributed by atoms with Crippen LogP contribution in [0.5, 0.6) is 0 Å². The first kappa shape index (κ1) is 12.2. The van der Waals surface area contributed by atoms with Gasteiger partial charge in [0.25, 0.3) is 5.69 Å². The lowest BCUT2D eigenvalue weighted by atomic mass is 10.2. The fourth-order valence-electron chi connectivity index (χ4n) is 1.56. The minimum Gasteiger partial charge on any atom is -0.383 e. The second kappa shape index (κ2) is 5.37. The third-order valence-corrected chi connectivity index (χ3v) is 2.49. The molecule has 0 saturated heterocycles. The van der Waals surface area contributed by atoms with Gasteiger partial charge in [0.2, 0.25) is 0 Å². The second-order valence-corrected chi connectivity index (χ2v) is 3.64. The lowest BCUT2D eigenvalue weighted by molar-refractivity contribution is -0.384. The van der Waals surface area contributed by atoms with Gasteiger partial charge in [0.1, 0.15) is 6.33 Å². The zero-order chi connectivity index (χ0) is 13.0. The van der Waals surface area contributed by atoms with E-state index in [1.807, 2.05) is 4.57 Å². The Labute approximate surface area is 103 Å². The van der Waals surface area contributed by atoms with E-state index in [1.165, 1.54) is 12.1 Å². The van der Waals surface area contributed by atoms with Gasteiger partial charge in [-0.1, -0.05) is 0 Å². The molecule has 0 atom stereocenters. The largest absolute Gasteiger partial charge is 0.383 e. The molecule has 2 aromatic rings. The van der Waals surface area contributed by atoms with Gasteiger partial charge in [0.05, 0.1) is 11.5 Å². The number of rotatable bonds is 5. The number of nitro benzene ring substituents is 1. The smallest absolute Gasteiger partial charge is 0.269 e. The molecule has 1 heterocycles. The molecule has 0 bridgehead atoms. The molecule has 0 aliphatic heterocycles. The summed E-state index contributed by atoms with van der Waals surface area (Å²) in [6.07, 6.45) is 1.61. The first-order valence-corrected chi connectivity index (χ1v) is 5.34. The molecule has 0 spiro atoms. The highest BCUT2D eigenvalue weighted by Gasteiger charge is 2.09. The van der Waals surface area contributed by atoms with Crippen LogP contribution in [0.25, 0.3) is 11.4 Å². The number of benzene rings is 1. The van der Waals surface area contributed by atoms with E-state index in [0.717, 1.165) is 5.56 Å². The van der Waals surface area contributed by atoms with Crippen molar-refractivity contribution in [3.05, 3.63) is 40.7 Å². The third-order valence-electron chi connectivity index (χ3n) is 2.49. The molecule has 0 aliphatic rings. The Morgan fingerprint density at radius 1 is 1.39 bits per heavy atom. The number of non-ortho nitro benzene ring substituents is 1. The highest BCUT2D eigenvalue weighted by Crippen LogP contribution is 2.20. The fourth-order valence-corrected chi connectivity index (χ4v) is 1.56. The van der Waals surface area contributed by atoms with E-state index in [0.29, 0.717) is 19.0 Å². The number of aromatic nitrogens is 3. The van der Waals surface area contributed by atoms with E-state index >= 15 is 0 Å². The molecule has 0 saturated carbocycles. The maximum Gasteiger partial charge on any atom is 0.269 e. The fraction of sp³-hybridized carbons (Fsp3) is 0.273. The quantitative estimate of drug-likeness (QED) is 0.591. The third kappa shape index (κ3) is 2.51. The van der Waals surface area contributed by atoms with Gasteiger partial charge in [0, 0.05) is 31.4 Å². The molecule has 7 heteroatoms. The van der Waals surface area contributed by atoms with Crippen LogP contribution in [0.1, 0.15) is 0 Å². The maximum absolute atomic E-state index is 10.6. The molecule has 0 unspecified atom stereocenters. The topological polar surface area (TPSA) is 83.1 Å². The summed E-state index contributed by atoms with van der Waals surface area (Å²) < 4.78 is 6.83. The maximum atomic E-state index is 10.6. The van der Waals surface area contributed by atoms with E-state index in [4.69, 9.17) is 4.74 Å². The minimum atomic E-state index is -0.431. The molecule has 0 N–H and O–H groups in total. The predicted molar refractivity (Wildman–Crippen MR) is 64.0 cm³/mol. The van der Waals surface area contributed by atoms with Gasteiger partial charge < -0.3 is 9.30 Å². The van der Waals surface area contributed by atoms with E-state index in [1.54, 1.807) is 25.6 Å². The highest BCUT2D eigenvalue weighted by atomic mass is 16.6. The van der Waals surface area contributed by atoms with Crippen LogP contribution in [0.15, 0.2) is 30.6 Å². The summed E-state index contributed by atoms with van der Waals surface area (Å²) in [5.74, 6) is 0.668. The molecular weight excluding hydrogens is 236 g/mol. The van der Waals surface area contributed by atoms with Gasteiger partial charge in [-0.3, -0.25) is 10.1 Å². The van der Waals surface area contributed by atoms with Crippen LogP contribution in [0.3, 0.4) is 0 Å². The molecule has 0 radical (unpaired) electrons. The highest BCUT2D eigenvalue weighted by molar-refractivity contribution is 5.57. The number of ether oxygens (including phenoxy) is 1. The van der Waals surface area contributed by atoms with Crippen molar-refractivity contribution in [1.29, 1.82) is 0 Å². The van der Waals surface area contributed by atoms with Crippen molar-refractivity contribution in [3.8, 4) is 11.4 Å². The number of nitrogens with zero attached hydrogens (tertiary/aromatic N) is 4. The molecule has 1 aromatic carbocycles. The monoisotopic (exact) mass is 248 g/mol. The Bertz CT molecular complexity index is 535. The number of nitro groups is 1. The van der Waals surface area contributed by atoms with Crippen molar-refractivity contribution in [2.24, 2.45) is 0 Å². The summed E-state index contributed by atoms with van der Waals surface area (Å²) in [4.78, 5) is 10.1. The SMILES string of the molecule is COCCn1cnnc1-c1ccc([N+](=O)[O-])cc1. The average molecular weight is 248 g/mol. The lowest BCUT2D eigenvalue weighted by Crippen LogP contribution is -2.04. The van der Waals surface area contributed by atoms with Crippen LogP contribution >= 0.6 is 0 Å². The van der Waals surface area contributed by atoms with Crippen molar-refractivity contribution in [1.82, 2.24) is 14.8 Å². The van der Waals surface area contributed by atoms with Crippen LogP contribution in [-0.2, 0) is 11.3 Å². The van der Waals surface area contributed by atoms with Crippen LogP contribution in [0, 0.1) is 10.1 Å². The summed E-state index contributed by atoms with van der Waals surface area (Å²) in [6, 6.07) is 6.21. The summed E-state index contributed by atoms with van der Waals surface area (Å²) >= 11 is 0. The molecule has 2 rings (SSSR count). The molecule has 0 fully saturated rings. The Morgan fingerprint density at radius 2 is 2.11 bits per heavy atom. The normalized spacial score (nSPS) is 10.5. The summed E-state index contributed by atoms with van der Waals surface area (Å²) in [5.41, 5.74) is 0.843. The molecule has 7 nitrogen and oxygen atoms in total. The molecular formula is C11H12N4O3. The van der Waals surface area contributed by atoms with Gasteiger partial charge in [-0.2, -0.15) is 0 Å². The van der Waals surface area contributed by atoms with Gasteiger partial charge >= 0.3 is 0 Å². The number of methoxy groups -OCH3 is 1. The van der Waals surface area contributed by atoms with Crippen LogP contribution < -0.4 is 0 Å². The van der Waals surface area contributed by atoms with Crippen molar-refractivity contribution < 1.29 is 9.66 Å². The molecule has 94 valence electrons. The Hall–Kier alpha value is -2.28. The lowest BCUT2D eigenvalue weighted by Gasteiger charge is -2.05. The summed E-state index contributed by atoms with van der Waals surface area (Å²) in [6.45, 7) is 1.19. The Morgan fingerprint density at radius 3 is 2.72 bits per heavy atom. The first-order valence-electron chi connectivity index (χ1n) is 5.34. The second-order valence-electron chi connectivity index (χ2n) is 3.64. The zero-order valence-electron chi connectivity index (χ0n) is 9.81. The van der Waals surface area contributed by atoms with Crippen LogP contribution in [-0.4, -0.2) is 33.4 Å². The predicted octanol–water partition coefficient (Wildman–Crippen LogP) is 1.50. The van der Waals surface area contributed by atoms with Gasteiger partial charge in [-0.25, -0.2) is 0 Å². The van der Waals surface area contributed by atoms with Crippen molar-refractivity contribution in [3.63, 3.8) is 0 Å². The Kier molecular flexibility index (Phi) is 3.63. The van der Waals surface area contributed by atoms with E-state index < -0.39 is 4.92 Å². The van der Waals surface area contributed by atoms with Crippen molar-refractivity contribution >= 4 is 5.69 Å². The van der Waals surface area contributed by atoms with E-state index in [9.17, 15) is 10.1 Å². The molecule has 0 aliphatic carbocycles. The van der Waals surface area contributed by atoms with Crippen LogP contribution in [0.2, 0.25) is 0 Å². The minimum absolute atomic E-state index is 0.0571. The molecule has 1 aromatic heterocycles. The first-order chi connectivity index (χ1) is 8.72.